The van der Waals surface area contributed by atoms with Crippen molar-refractivity contribution >= 4 is 11.6 Å². The number of hydrogen-bond acceptors (Lipinski definition) is 1. The second-order valence-corrected chi connectivity index (χ2v) is 6.22. The Morgan fingerprint density at radius 2 is 1.84 bits per heavy atom. The predicted octanol–water partition coefficient (Wildman–Crippen LogP) is 4.31. The second-order valence-electron chi connectivity index (χ2n) is 5.81. The van der Waals surface area contributed by atoms with E-state index < -0.39 is 11.6 Å². The Balaban J connectivity index is 1.88. The summed E-state index contributed by atoms with van der Waals surface area (Å²) in [7, 11) is 0. The summed E-state index contributed by atoms with van der Waals surface area (Å²) in [6.45, 7) is 2.82. The molecule has 19 heavy (non-hydrogen) atoms. The summed E-state index contributed by atoms with van der Waals surface area (Å²) in [5.41, 5.74) is 0.703. The molecule has 1 aromatic rings. The molecular weight excluding hydrogens is 268 g/mol. The summed E-state index contributed by atoms with van der Waals surface area (Å²) in [5.74, 6) is 0.514. The van der Waals surface area contributed by atoms with E-state index in [0.717, 1.165) is 24.4 Å². The molecule has 1 N–H and O–H groups in total. The fourth-order valence-corrected chi connectivity index (χ4v) is 3.83. The highest BCUT2D eigenvalue weighted by Gasteiger charge is 2.48. The van der Waals surface area contributed by atoms with Gasteiger partial charge in [0.15, 0.2) is 11.6 Å². The van der Waals surface area contributed by atoms with Gasteiger partial charge in [0.25, 0.3) is 0 Å². The largest absolute Gasteiger partial charge is 0.310 e. The van der Waals surface area contributed by atoms with Gasteiger partial charge in [0.2, 0.25) is 0 Å². The maximum atomic E-state index is 13.5. The minimum Gasteiger partial charge on any atom is -0.310 e. The standard InChI is InChI=1S/C15H18ClF2N/c1-2-19-15(10-4-8-3-9(8)5-10)11-6-13(17)14(18)7-12(11)16/h6-10,15,19H,2-5H2,1H3. The third-order valence-electron chi connectivity index (χ3n) is 4.55. The molecule has 0 saturated heterocycles. The topological polar surface area (TPSA) is 12.0 Å². The van der Waals surface area contributed by atoms with Gasteiger partial charge in [-0.2, -0.15) is 0 Å². The van der Waals surface area contributed by atoms with E-state index in [0.29, 0.717) is 16.5 Å². The van der Waals surface area contributed by atoms with E-state index in [4.69, 9.17) is 11.6 Å². The van der Waals surface area contributed by atoms with Crippen molar-refractivity contribution in [3.05, 3.63) is 34.4 Å². The van der Waals surface area contributed by atoms with E-state index in [1.54, 1.807) is 0 Å². The number of halogens is 3. The molecule has 0 radical (unpaired) electrons. The van der Waals surface area contributed by atoms with E-state index in [2.05, 4.69) is 5.32 Å². The predicted molar refractivity (Wildman–Crippen MR) is 72.1 cm³/mol. The van der Waals surface area contributed by atoms with Gasteiger partial charge in [0.1, 0.15) is 0 Å². The molecule has 2 aliphatic carbocycles. The highest BCUT2D eigenvalue weighted by Crippen LogP contribution is 2.57. The maximum absolute atomic E-state index is 13.5. The van der Waals surface area contributed by atoms with Crippen molar-refractivity contribution in [2.75, 3.05) is 6.54 Å². The Bertz CT molecular complexity index is 481. The van der Waals surface area contributed by atoms with Crippen molar-refractivity contribution in [3.63, 3.8) is 0 Å². The third kappa shape index (κ3) is 2.50. The number of benzene rings is 1. The Labute approximate surface area is 117 Å². The Morgan fingerprint density at radius 1 is 1.21 bits per heavy atom. The third-order valence-corrected chi connectivity index (χ3v) is 4.88. The molecule has 1 aromatic carbocycles. The molecule has 0 bridgehead atoms. The van der Waals surface area contributed by atoms with Gasteiger partial charge in [-0.05, 0) is 61.3 Å². The highest BCUT2D eigenvalue weighted by molar-refractivity contribution is 6.31. The van der Waals surface area contributed by atoms with Crippen molar-refractivity contribution in [1.29, 1.82) is 0 Å². The van der Waals surface area contributed by atoms with Gasteiger partial charge in [0, 0.05) is 11.1 Å². The lowest BCUT2D eigenvalue weighted by molar-refractivity contribution is 0.345. The molecule has 0 aliphatic heterocycles. The minimum absolute atomic E-state index is 0.0420. The summed E-state index contributed by atoms with van der Waals surface area (Å²) in [6.07, 6.45) is 3.70. The molecule has 104 valence electrons. The van der Waals surface area contributed by atoms with Crippen molar-refractivity contribution in [2.45, 2.75) is 32.2 Å². The van der Waals surface area contributed by atoms with E-state index in [9.17, 15) is 8.78 Å². The zero-order valence-corrected chi connectivity index (χ0v) is 11.7. The minimum atomic E-state index is -0.877. The fraction of sp³-hybridized carbons (Fsp3) is 0.600. The van der Waals surface area contributed by atoms with E-state index >= 15 is 0 Å². The smallest absolute Gasteiger partial charge is 0.160 e. The number of nitrogens with one attached hydrogen (secondary N) is 1. The van der Waals surface area contributed by atoms with Gasteiger partial charge in [-0.1, -0.05) is 18.5 Å². The van der Waals surface area contributed by atoms with Gasteiger partial charge >= 0.3 is 0 Å². The summed E-state index contributed by atoms with van der Waals surface area (Å²) in [4.78, 5) is 0. The van der Waals surface area contributed by atoms with Gasteiger partial charge in [0.05, 0.1) is 0 Å². The van der Waals surface area contributed by atoms with Crippen molar-refractivity contribution in [1.82, 2.24) is 5.32 Å². The van der Waals surface area contributed by atoms with Crippen molar-refractivity contribution in [2.24, 2.45) is 17.8 Å². The van der Waals surface area contributed by atoms with Crippen LogP contribution in [0.5, 0.6) is 0 Å². The molecule has 3 atom stereocenters. The molecule has 0 amide bonds. The molecule has 1 nitrogen and oxygen atoms in total. The molecule has 0 heterocycles. The van der Waals surface area contributed by atoms with Crippen LogP contribution in [0, 0.1) is 29.4 Å². The summed E-state index contributed by atoms with van der Waals surface area (Å²) >= 11 is 6.11. The molecule has 0 aromatic heterocycles. The average Bonchev–Trinajstić information content (AvgIpc) is 2.98. The first kappa shape index (κ1) is 13.3. The van der Waals surface area contributed by atoms with Gasteiger partial charge in [-0.15, -0.1) is 0 Å². The van der Waals surface area contributed by atoms with Crippen LogP contribution in [-0.2, 0) is 0 Å². The van der Waals surface area contributed by atoms with Crippen molar-refractivity contribution < 1.29 is 8.78 Å². The first-order chi connectivity index (χ1) is 9.10. The molecule has 3 unspecified atom stereocenters. The molecule has 2 saturated carbocycles. The van der Waals surface area contributed by atoms with E-state index in [-0.39, 0.29) is 6.04 Å². The van der Waals surface area contributed by atoms with Gasteiger partial charge < -0.3 is 5.32 Å². The van der Waals surface area contributed by atoms with Crippen LogP contribution in [0.1, 0.15) is 37.8 Å². The number of hydrogen-bond donors (Lipinski definition) is 1. The SMILES string of the molecule is CCNC(c1cc(F)c(F)cc1Cl)C1CC2CC2C1. The van der Waals surface area contributed by atoms with Crippen molar-refractivity contribution in [3.8, 4) is 0 Å². The quantitative estimate of drug-likeness (QED) is 0.813. The monoisotopic (exact) mass is 285 g/mol. The molecular formula is C15H18ClF2N. The lowest BCUT2D eigenvalue weighted by Crippen LogP contribution is -2.28. The average molecular weight is 286 g/mol. The van der Waals surface area contributed by atoms with E-state index in [1.165, 1.54) is 25.3 Å². The highest BCUT2D eigenvalue weighted by atomic mass is 35.5. The van der Waals surface area contributed by atoms with Crippen LogP contribution in [0.15, 0.2) is 12.1 Å². The molecule has 4 heteroatoms. The van der Waals surface area contributed by atoms with Crippen LogP contribution in [-0.4, -0.2) is 6.54 Å². The van der Waals surface area contributed by atoms with E-state index in [1.807, 2.05) is 6.92 Å². The lowest BCUT2D eigenvalue weighted by atomic mass is 9.89. The normalized spacial score (nSPS) is 30.2. The molecule has 2 fully saturated rings. The molecule has 2 aliphatic rings. The number of rotatable bonds is 4. The fourth-order valence-electron chi connectivity index (χ4n) is 3.56. The zero-order chi connectivity index (χ0) is 13.6. The Kier molecular flexibility index (Phi) is 3.52. The van der Waals surface area contributed by atoms with Crippen LogP contribution in [0.4, 0.5) is 8.78 Å². The van der Waals surface area contributed by atoms with Crippen LogP contribution in [0.3, 0.4) is 0 Å². The van der Waals surface area contributed by atoms with Crippen LogP contribution in [0.2, 0.25) is 5.02 Å². The van der Waals surface area contributed by atoms with Crippen LogP contribution >= 0.6 is 11.6 Å². The second kappa shape index (κ2) is 5.02. The first-order valence-electron chi connectivity index (χ1n) is 6.98. The lowest BCUT2D eigenvalue weighted by Gasteiger charge is -2.27. The Hall–Kier alpha value is -0.670. The number of fused-ring (bicyclic) bond motifs is 1. The van der Waals surface area contributed by atoms with Gasteiger partial charge in [-0.3, -0.25) is 0 Å². The summed E-state index contributed by atoms with van der Waals surface area (Å²) in [6, 6.07) is 2.39. The Morgan fingerprint density at radius 3 is 2.47 bits per heavy atom. The van der Waals surface area contributed by atoms with Crippen LogP contribution in [0.25, 0.3) is 0 Å². The molecule has 3 rings (SSSR count). The first-order valence-corrected chi connectivity index (χ1v) is 7.35. The maximum Gasteiger partial charge on any atom is 0.160 e. The van der Waals surface area contributed by atoms with Crippen LogP contribution < -0.4 is 5.32 Å². The zero-order valence-electron chi connectivity index (χ0n) is 10.9. The van der Waals surface area contributed by atoms with Gasteiger partial charge in [-0.25, -0.2) is 8.78 Å². The molecule has 0 spiro atoms. The summed E-state index contributed by atoms with van der Waals surface area (Å²) < 4.78 is 26.6. The summed E-state index contributed by atoms with van der Waals surface area (Å²) in [5, 5.41) is 3.72.